The Morgan fingerprint density at radius 3 is 2.17 bits per heavy atom. The Bertz CT molecular complexity index is 1290. The van der Waals surface area contributed by atoms with Gasteiger partial charge in [0.25, 0.3) is 5.91 Å². The summed E-state index contributed by atoms with van der Waals surface area (Å²) < 4.78 is 23.9. The van der Waals surface area contributed by atoms with Crippen molar-refractivity contribution in [2.24, 2.45) is 0 Å². The highest BCUT2D eigenvalue weighted by Crippen LogP contribution is 2.27. The van der Waals surface area contributed by atoms with Gasteiger partial charge in [-0.2, -0.15) is 0 Å². The van der Waals surface area contributed by atoms with Gasteiger partial charge >= 0.3 is 0 Å². The van der Waals surface area contributed by atoms with Gasteiger partial charge in [0.2, 0.25) is 5.91 Å². The highest BCUT2D eigenvalue weighted by Gasteiger charge is 2.27. The minimum Gasteiger partial charge on any atom is -0.493 e. The number of hydrogen-bond acceptors (Lipinski definition) is 5. The summed E-state index contributed by atoms with van der Waals surface area (Å²) in [5.74, 6) is 1.03. The molecule has 0 aliphatic carbocycles. The number of amides is 2. The molecule has 0 aromatic heterocycles. The number of nitrogens with one attached hydrogen (secondary N) is 1. The Balaban J connectivity index is 1.33. The zero-order valence-electron chi connectivity index (χ0n) is 24.2. The van der Waals surface area contributed by atoms with Crippen LogP contribution >= 0.6 is 0 Å². The molecule has 1 heterocycles. The van der Waals surface area contributed by atoms with E-state index in [4.69, 9.17) is 9.47 Å². The van der Waals surface area contributed by atoms with E-state index in [9.17, 15) is 14.0 Å². The molecule has 0 bridgehead atoms. The predicted molar refractivity (Wildman–Crippen MR) is 157 cm³/mol. The molecule has 2 amide bonds. The number of carbonyl (C=O) groups excluding carboxylic acids is 2. The lowest BCUT2D eigenvalue weighted by molar-refractivity contribution is -0.135. The fourth-order valence-corrected chi connectivity index (χ4v) is 5.25. The summed E-state index contributed by atoms with van der Waals surface area (Å²) in [6, 6.07) is 19.9. The molecule has 1 aliphatic heterocycles. The summed E-state index contributed by atoms with van der Waals surface area (Å²) in [6.45, 7) is 5.46. The fraction of sp³-hybridized carbons (Fsp3) is 0.394. The van der Waals surface area contributed by atoms with Crippen LogP contribution in [-0.2, 0) is 24.4 Å². The van der Waals surface area contributed by atoms with Gasteiger partial charge in [-0.1, -0.05) is 37.3 Å². The first kappa shape index (κ1) is 30.1. The van der Waals surface area contributed by atoms with Crippen LogP contribution in [0.25, 0.3) is 0 Å². The molecule has 3 aromatic rings. The van der Waals surface area contributed by atoms with Crippen LogP contribution in [0.3, 0.4) is 0 Å². The lowest BCUT2D eigenvalue weighted by atomic mass is 10.0. The third-order valence-corrected chi connectivity index (χ3v) is 7.57. The number of piperidine rings is 1. The molecule has 41 heavy (non-hydrogen) atoms. The number of carbonyl (C=O) groups is 2. The third kappa shape index (κ3) is 8.30. The van der Waals surface area contributed by atoms with Crippen molar-refractivity contribution in [3.8, 4) is 11.5 Å². The molecule has 1 fully saturated rings. The first-order chi connectivity index (χ1) is 19.9. The number of benzene rings is 3. The Morgan fingerprint density at radius 2 is 1.54 bits per heavy atom. The zero-order valence-corrected chi connectivity index (χ0v) is 24.2. The van der Waals surface area contributed by atoms with Gasteiger partial charge in [-0.15, -0.1) is 0 Å². The molecular formula is C33H40FN3O4. The molecule has 0 saturated carbocycles. The highest BCUT2D eigenvalue weighted by molar-refractivity contribution is 5.94. The molecule has 0 atom stereocenters. The second-order valence-electron chi connectivity index (χ2n) is 10.5. The van der Waals surface area contributed by atoms with Gasteiger partial charge in [-0.3, -0.25) is 14.5 Å². The van der Waals surface area contributed by atoms with Crippen LogP contribution in [0, 0.1) is 5.82 Å². The van der Waals surface area contributed by atoms with E-state index in [0.717, 1.165) is 55.6 Å². The van der Waals surface area contributed by atoms with Gasteiger partial charge in [0.05, 0.1) is 14.2 Å². The first-order valence-electron chi connectivity index (χ1n) is 14.2. The topological polar surface area (TPSA) is 71.1 Å². The van der Waals surface area contributed by atoms with E-state index in [2.05, 4.69) is 10.2 Å². The summed E-state index contributed by atoms with van der Waals surface area (Å²) >= 11 is 0. The molecule has 0 spiro atoms. The molecule has 1 saturated heterocycles. The highest BCUT2D eigenvalue weighted by atomic mass is 19.1. The largest absolute Gasteiger partial charge is 0.493 e. The third-order valence-electron chi connectivity index (χ3n) is 7.57. The van der Waals surface area contributed by atoms with Crippen molar-refractivity contribution in [1.29, 1.82) is 0 Å². The second kappa shape index (κ2) is 14.6. The zero-order chi connectivity index (χ0) is 29.2. The van der Waals surface area contributed by atoms with Crippen molar-refractivity contribution in [2.75, 3.05) is 27.3 Å². The molecule has 0 radical (unpaired) electrons. The Hall–Kier alpha value is -3.91. The van der Waals surface area contributed by atoms with Crippen LogP contribution in [0.1, 0.15) is 59.7 Å². The van der Waals surface area contributed by atoms with Gasteiger partial charge in [0, 0.05) is 50.7 Å². The van der Waals surface area contributed by atoms with Crippen LogP contribution in [0.2, 0.25) is 0 Å². The van der Waals surface area contributed by atoms with Gasteiger partial charge < -0.3 is 19.7 Å². The van der Waals surface area contributed by atoms with E-state index < -0.39 is 0 Å². The van der Waals surface area contributed by atoms with Crippen molar-refractivity contribution >= 4 is 11.8 Å². The quantitative estimate of drug-likeness (QED) is 0.313. The number of halogens is 1. The lowest BCUT2D eigenvalue weighted by Crippen LogP contribution is -2.46. The summed E-state index contributed by atoms with van der Waals surface area (Å²) in [5, 5.41) is 2.95. The number of likely N-dealkylation sites (tertiary alicyclic amines) is 1. The van der Waals surface area contributed by atoms with Gasteiger partial charge in [-0.05, 0) is 72.4 Å². The number of hydrogen-bond donors (Lipinski definition) is 1. The second-order valence-corrected chi connectivity index (χ2v) is 10.5. The molecule has 3 aromatic carbocycles. The van der Waals surface area contributed by atoms with Crippen LogP contribution in [-0.4, -0.2) is 55.0 Å². The summed E-state index contributed by atoms with van der Waals surface area (Å²) in [7, 11) is 3.17. The molecule has 218 valence electrons. The summed E-state index contributed by atoms with van der Waals surface area (Å²) in [5.41, 5.74) is 3.56. The molecule has 8 heteroatoms. The van der Waals surface area contributed by atoms with Crippen LogP contribution < -0.4 is 14.8 Å². The molecular weight excluding hydrogens is 521 g/mol. The van der Waals surface area contributed by atoms with E-state index in [-0.39, 0.29) is 23.7 Å². The van der Waals surface area contributed by atoms with Gasteiger partial charge in [0.1, 0.15) is 5.82 Å². The SMILES string of the molecule is CCCC(=O)N(Cc1ccc(C(=O)NCc2ccc(OC)c(OC)c2)cc1)C1CCN(Cc2ccc(F)cc2)CC1. The lowest BCUT2D eigenvalue weighted by Gasteiger charge is -2.39. The van der Waals surface area contributed by atoms with Crippen LogP contribution in [0.5, 0.6) is 11.5 Å². The smallest absolute Gasteiger partial charge is 0.251 e. The maximum absolute atomic E-state index is 13.2. The standard InChI is InChI=1S/C33H40FN3O4/c1-4-5-32(38)37(29-16-18-36(19-17-29)22-24-8-13-28(34)14-9-24)23-25-6-11-27(12-7-25)33(39)35-21-26-10-15-30(40-2)31(20-26)41-3/h6-15,20,29H,4-5,16-19,21-23H2,1-3H3,(H,35,39). The van der Waals surface area contributed by atoms with E-state index in [1.54, 1.807) is 14.2 Å². The van der Waals surface area contributed by atoms with E-state index in [1.807, 2.05) is 66.4 Å². The summed E-state index contributed by atoms with van der Waals surface area (Å²) in [6.07, 6.45) is 3.12. The van der Waals surface area contributed by atoms with Crippen molar-refractivity contribution in [1.82, 2.24) is 15.1 Å². The Labute approximate surface area is 242 Å². The summed E-state index contributed by atoms with van der Waals surface area (Å²) in [4.78, 5) is 30.3. The van der Waals surface area contributed by atoms with E-state index in [1.165, 1.54) is 12.1 Å². The van der Waals surface area contributed by atoms with Crippen molar-refractivity contribution in [2.45, 2.75) is 58.3 Å². The van der Waals surface area contributed by atoms with Crippen LogP contribution in [0.4, 0.5) is 4.39 Å². The van der Waals surface area contributed by atoms with Crippen LogP contribution in [0.15, 0.2) is 66.7 Å². The van der Waals surface area contributed by atoms with Crippen molar-refractivity contribution < 1.29 is 23.5 Å². The Morgan fingerprint density at radius 1 is 0.902 bits per heavy atom. The van der Waals surface area contributed by atoms with Gasteiger partial charge in [-0.25, -0.2) is 4.39 Å². The molecule has 7 nitrogen and oxygen atoms in total. The molecule has 1 aliphatic rings. The average Bonchev–Trinajstić information content (AvgIpc) is 3.00. The maximum Gasteiger partial charge on any atom is 0.251 e. The normalized spacial score (nSPS) is 14.0. The maximum atomic E-state index is 13.2. The average molecular weight is 562 g/mol. The number of ether oxygens (including phenoxy) is 2. The number of methoxy groups -OCH3 is 2. The predicted octanol–water partition coefficient (Wildman–Crippen LogP) is 5.57. The minimum absolute atomic E-state index is 0.168. The molecule has 1 N–H and O–H groups in total. The van der Waals surface area contributed by atoms with E-state index in [0.29, 0.717) is 36.6 Å². The van der Waals surface area contributed by atoms with Gasteiger partial charge in [0.15, 0.2) is 11.5 Å². The number of rotatable bonds is 12. The molecule has 4 rings (SSSR count). The monoisotopic (exact) mass is 561 g/mol. The van der Waals surface area contributed by atoms with Crippen molar-refractivity contribution in [3.05, 3.63) is 94.8 Å². The Kier molecular flexibility index (Phi) is 10.7. The van der Waals surface area contributed by atoms with E-state index >= 15 is 0 Å². The minimum atomic E-state index is -0.221. The fourth-order valence-electron chi connectivity index (χ4n) is 5.25. The number of nitrogens with zero attached hydrogens (tertiary/aromatic N) is 2. The first-order valence-corrected chi connectivity index (χ1v) is 14.2. The van der Waals surface area contributed by atoms with Crippen molar-refractivity contribution in [3.63, 3.8) is 0 Å². The molecule has 0 unspecified atom stereocenters.